The molecule has 0 spiro atoms. The van der Waals surface area contributed by atoms with Gasteiger partial charge in [0.2, 0.25) is 6.41 Å². The van der Waals surface area contributed by atoms with Gasteiger partial charge in [-0.15, -0.1) is 11.3 Å². The van der Waals surface area contributed by atoms with Crippen LogP contribution in [0.3, 0.4) is 0 Å². The van der Waals surface area contributed by atoms with Gasteiger partial charge < -0.3 is 15.0 Å². The number of imide groups is 1. The van der Waals surface area contributed by atoms with Gasteiger partial charge in [-0.25, -0.2) is 4.90 Å². The van der Waals surface area contributed by atoms with Crippen LogP contribution in [0.1, 0.15) is 36.0 Å². The third kappa shape index (κ3) is 5.95. The topological polar surface area (TPSA) is 96.0 Å². The number of anilines is 3. The zero-order valence-corrected chi connectivity index (χ0v) is 21.7. The highest BCUT2D eigenvalue weighted by molar-refractivity contribution is 7.12. The molecule has 0 aliphatic carbocycles. The van der Waals surface area contributed by atoms with E-state index in [1.54, 1.807) is 78.2 Å². The van der Waals surface area contributed by atoms with Crippen LogP contribution in [0.4, 0.5) is 17.1 Å². The Bertz CT molecular complexity index is 1460. The Hall–Kier alpha value is -4.60. The quantitative estimate of drug-likeness (QED) is 0.254. The van der Waals surface area contributed by atoms with Crippen molar-refractivity contribution in [3.05, 3.63) is 112 Å². The van der Waals surface area contributed by atoms with Crippen LogP contribution < -0.4 is 15.1 Å². The maximum absolute atomic E-state index is 13.0. The average molecular weight is 540 g/mol. The fourth-order valence-corrected chi connectivity index (χ4v) is 4.90. The van der Waals surface area contributed by atoms with Crippen LogP contribution in [0.5, 0.6) is 0 Å². The van der Waals surface area contributed by atoms with Crippen LogP contribution >= 0.6 is 11.3 Å². The zero-order valence-electron chi connectivity index (χ0n) is 20.9. The summed E-state index contributed by atoms with van der Waals surface area (Å²) in [5, 5.41) is 4.62. The molecule has 39 heavy (non-hydrogen) atoms. The van der Waals surface area contributed by atoms with Crippen molar-refractivity contribution in [2.75, 3.05) is 41.4 Å². The molecule has 1 aromatic heterocycles. The fourth-order valence-electron chi connectivity index (χ4n) is 4.24. The first kappa shape index (κ1) is 26.0. The molecular weight excluding hydrogens is 514 g/mol. The summed E-state index contributed by atoms with van der Waals surface area (Å²) >= 11 is 1.25. The number of nitrogens with one attached hydrogen (secondary N) is 1. The lowest BCUT2D eigenvalue weighted by molar-refractivity contribution is -0.106. The molecule has 196 valence electrons. The lowest BCUT2D eigenvalue weighted by atomic mass is 10.0. The second-order valence-corrected chi connectivity index (χ2v) is 9.76. The monoisotopic (exact) mass is 539 g/mol. The molecule has 1 saturated heterocycles. The van der Waals surface area contributed by atoms with Crippen LogP contribution in [-0.4, -0.2) is 50.3 Å². The smallest absolute Gasteiger partial charge is 0.274 e. The largest absolute Gasteiger partial charge is 0.378 e. The Kier molecular flexibility index (Phi) is 7.91. The molecule has 9 heteroatoms. The van der Waals surface area contributed by atoms with Crippen LogP contribution in [0.25, 0.3) is 0 Å². The minimum absolute atomic E-state index is 0.222. The summed E-state index contributed by atoms with van der Waals surface area (Å²) in [4.78, 5) is 53.5. The first-order valence-corrected chi connectivity index (χ1v) is 13.2. The van der Waals surface area contributed by atoms with Gasteiger partial charge in [0.1, 0.15) is 0 Å². The third-order valence-corrected chi connectivity index (χ3v) is 7.23. The number of carbonyl (C=O) groups excluding carboxylic acids is 4. The van der Waals surface area contributed by atoms with Crippen LogP contribution in [0.2, 0.25) is 0 Å². The number of nitrogens with zero attached hydrogens (tertiary/aromatic N) is 2. The molecule has 1 fully saturated rings. The second kappa shape index (κ2) is 11.8. The third-order valence-electron chi connectivity index (χ3n) is 6.37. The maximum atomic E-state index is 13.0. The second-order valence-electron chi connectivity index (χ2n) is 8.81. The Morgan fingerprint density at radius 3 is 2.03 bits per heavy atom. The summed E-state index contributed by atoms with van der Waals surface area (Å²) in [6.45, 7) is 3.05. The van der Waals surface area contributed by atoms with Gasteiger partial charge in [0.15, 0.2) is 5.78 Å². The fraction of sp³-hybridized carbons (Fsp3) is 0.133. The zero-order chi connectivity index (χ0) is 27.2. The summed E-state index contributed by atoms with van der Waals surface area (Å²) in [5.74, 6) is -0.889. The molecule has 1 aliphatic heterocycles. The molecule has 8 nitrogen and oxygen atoms in total. The minimum atomic E-state index is -0.426. The van der Waals surface area contributed by atoms with Gasteiger partial charge in [0, 0.05) is 41.2 Å². The minimum Gasteiger partial charge on any atom is -0.378 e. The predicted octanol–water partition coefficient (Wildman–Crippen LogP) is 4.87. The molecule has 1 N–H and O–H groups in total. The van der Waals surface area contributed by atoms with E-state index in [0.717, 1.165) is 23.7 Å². The predicted molar refractivity (Wildman–Crippen MR) is 151 cm³/mol. The average Bonchev–Trinajstić information content (AvgIpc) is 3.54. The summed E-state index contributed by atoms with van der Waals surface area (Å²) in [7, 11) is 0. The molecule has 3 aromatic carbocycles. The lowest BCUT2D eigenvalue weighted by Crippen LogP contribution is -2.36. The molecule has 5 rings (SSSR count). The van der Waals surface area contributed by atoms with Crippen LogP contribution in [0.15, 0.2) is 90.3 Å². The highest BCUT2D eigenvalue weighted by atomic mass is 32.1. The molecule has 1 aliphatic rings. The van der Waals surface area contributed by atoms with Gasteiger partial charge in [-0.3, -0.25) is 19.2 Å². The number of rotatable bonds is 8. The maximum Gasteiger partial charge on any atom is 0.274 e. The van der Waals surface area contributed by atoms with Gasteiger partial charge >= 0.3 is 0 Å². The van der Waals surface area contributed by atoms with Crippen molar-refractivity contribution in [3.8, 4) is 0 Å². The van der Waals surface area contributed by atoms with E-state index in [2.05, 4.69) is 10.2 Å². The molecule has 0 atom stereocenters. The summed E-state index contributed by atoms with van der Waals surface area (Å²) in [5.41, 5.74) is 3.38. The van der Waals surface area contributed by atoms with E-state index in [9.17, 15) is 19.2 Å². The molecule has 4 aromatic rings. The number of thiophene rings is 1. The van der Waals surface area contributed by atoms with E-state index < -0.39 is 5.91 Å². The SMILES string of the molecule is O=CN(C(=O)c1cccs1)c1ccc(C(=O)c2ccc(NC(=O)c3ccc(N4CCOCC4)cc3)cc2)cc1. The summed E-state index contributed by atoms with van der Waals surface area (Å²) in [6, 6.07) is 23.7. The Balaban J connectivity index is 1.21. The van der Waals surface area contributed by atoms with E-state index in [1.165, 1.54) is 11.3 Å². The van der Waals surface area contributed by atoms with E-state index >= 15 is 0 Å². The Morgan fingerprint density at radius 2 is 1.44 bits per heavy atom. The van der Waals surface area contributed by atoms with Crippen LogP contribution in [0, 0.1) is 0 Å². The van der Waals surface area contributed by atoms with E-state index in [-0.39, 0.29) is 11.7 Å². The Morgan fingerprint density at radius 1 is 0.821 bits per heavy atom. The molecule has 0 bridgehead atoms. The molecule has 0 radical (unpaired) electrons. The van der Waals surface area contributed by atoms with Crippen molar-refractivity contribution in [2.45, 2.75) is 0 Å². The number of ether oxygens (including phenoxy) is 1. The lowest BCUT2D eigenvalue weighted by Gasteiger charge is -2.28. The standard InChI is InChI=1S/C30H25N3O5S/c34-20-33(30(37)27-2-1-19-39-27)26-13-5-22(6-14-26)28(35)21-3-9-24(10-4-21)31-29(36)23-7-11-25(12-8-23)32-15-17-38-18-16-32/h1-14,19-20H,15-18H2,(H,31,36). The molecule has 2 heterocycles. The van der Waals surface area contributed by atoms with Crippen molar-refractivity contribution in [2.24, 2.45) is 0 Å². The van der Waals surface area contributed by atoms with Crippen molar-refractivity contribution in [1.29, 1.82) is 0 Å². The van der Waals surface area contributed by atoms with E-state index in [4.69, 9.17) is 4.74 Å². The number of hydrogen-bond donors (Lipinski definition) is 1. The normalized spacial score (nSPS) is 13.0. The summed E-state index contributed by atoms with van der Waals surface area (Å²) < 4.78 is 5.38. The van der Waals surface area contributed by atoms with Gasteiger partial charge in [0.05, 0.1) is 23.8 Å². The number of carbonyl (C=O) groups is 4. The van der Waals surface area contributed by atoms with Crippen LogP contribution in [-0.2, 0) is 9.53 Å². The van der Waals surface area contributed by atoms with Gasteiger partial charge in [-0.2, -0.15) is 0 Å². The highest BCUT2D eigenvalue weighted by Gasteiger charge is 2.19. The number of ketones is 1. The van der Waals surface area contributed by atoms with Crippen molar-refractivity contribution in [1.82, 2.24) is 0 Å². The van der Waals surface area contributed by atoms with E-state index in [0.29, 0.717) is 52.6 Å². The number of morpholine rings is 1. The van der Waals surface area contributed by atoms with E-state index in [1.807, 2.05) is 12.1 Å². The first-order valence-electron chi connectivity index (χ1n) is 12.3. The number of benzene rings is 3. The first-order chi connectivity index (χ1) is 19.0. The van der Waals surface area contributed by atoms with Crippen molar-refractivity contribution >= 4 is 52.4 Å². The van der Waals surface area contributed by atoms with Gasteiger partial charge in [-0.05, 0) is 84.2 Å². The molecular formula is C30H25N3O5S. The number of amides is 3. The molecule has 0 unspecified atom stereocenters. The Labute approximate surface area is 229 Å². The van der Waals surface area contributed by atoms with Crippen molar-refractivity contribution in [3.63, 3.8) is 0 Å². The highest BCUT2D eigenvalue weighted by Crippen LogP contribution is 2.22. The number of hydrogen-bond acceptors (Lipinski definition) is 7. The summed E-state index contributed by atoms with van der Waals surface area (Å²) in [6.07, 6.45) is 0.463. The molecule has 3 amide bonds. The molecule has 0 saturated carbocycles. The van der Waals surface area contributed by atoms with Gasteiger partial charge in [-0.1, -0.05) is 6.07 Å². The van der Waals surface area contributed by atoms with Gasteiger partial charge in [0.25, 0.3) is 11.8 Å². The van der Waals surface area contributed by atoms with Crippen molar-refractivity contribution < 1.29 is 23.9 Å².